The first-order valence-corrected chi connectivity index (χ1v) is 5.82. The Bertz CT molecular complexity index is 391. The number of hydrogen-bond acceptors (Lipinski definition) is 4. The molecule has 1 atom stereocenters. The van der Waals surface area contributed by atoms with Gasteiger partial charge in [-0.2, -0.15) is 0 Å². The van der Waals surface area contributed by atoms with E-state index in [0.29, 0.717) is 17.9 Å². The third-order valence-electron chi connectivity index (χ3n) is 3.10. The van der Waals surface area contributed by atoms with Gasteiger partial charge in [0.1, 0.15) is 5.82 Å². The number of nitrogens with zero attached hydrogens (tertiary/aromatic N) is 2. The molecule has 1 aromatic rings. The highest BCUT2D eigenvalue weighted by Crippen LogP contribution is 2.18. The van der Waals surface area contributed by atoms with Crippen molar-refractivity contribution in [3.05, 3.63) is 23.9 Å². The van der Waals surface area contributed by atoms with E-state index in [-0.39, 0.29) is 18.4 Å². The standard InChI is InChI=1S/C12H17N3O2/c13-11-4-3-10(6-14-11)12(17)15-5-1-2-9(7-15)8-16/h3-4,6,9,16H,1-2,5,7-8H2,(H2,13,14). The monoisotopic (exact) mass is 235 g/mol. The summed E-state index contributed by atoms with van der Waals surface area (Å²) in [5.41, 5.74) is 6.03. The number of aromatic nitrogens is 1. The van der Waals surface area contributed by atoms with E-state index in [1.165, 1.54) is 6.20 Å². The molecule has 0 saturated carbocycles. The van der Waals surface area contributed by atoms with Crippen LogP contribution in [0.5, 0.6) is 0 Å². The van der Waals surface area contributed by atoms with Gasteiger partial charge in [-0.25, -0.2) is 4.98 Å². The van der Waals surface area contributed by atoms with Crippen LogP contribution in [0.2, 0.25) is 0 Å². The summed E-state index contributed by atoms with van der Waals surface area (Å²) in [5, 5.41) is 9.13. The molecule has 0 spiro atoms. The molecule has 1 amide bonds. The molecule has 1 aliphatic heterocycles. The van der Waals surface area contributed by atoms with Crippen LogP contribution in [0.3, 0.4) is 0 Å². The van der Waals surface area contributed by atoms with Crippen LogP contribution in [-0.2, 0) is 0 Å². The van der Waals surface area contributed by atoms with Gasteiger partial charge in [0.2, 0.25) is 0 Å². The number of rotatable bonds is 2. The van der Waals surface area contributed by atoms with Crippen molar-refractivity contribution in [2.75, 3.05) is 25.4 Å². The van der Waals surface area contributed by atoms with Gasteiger partial charge in [0.15, 0.2) is 0 Å². The lowest BCUT2D eigenvalue weighted by Crippen LogP contribution is -2.40. The van der Waals surface area contributed by atoms with Crippen molar-refractivity contribution in [3.63, 3.8) is 0 Å². The Morgan fingerprint density at radius 1 is 1.59 bits per heavy atom. The maximum atomic E-state index is 12.1. The van der Waals surface area contributed by atoms with Gasteiger partial charge in [0, 0.05) is 25.9 Å². The summed E-state index contributed by atoms with van der Waals surface area (Å²) in [6.07, 6.45) is 3.43. The first-order chi connectivity index (χ1) is 8.20. The van der Waals surface area contributed by atoms with Gasteiger partial charge in [0.25, 0.3) is 5.91 Å². The molecule has 1 fully saturated rings. The molecule has 1 unspecified atom stereocenters. The summed E-state index contributed by atoms with van der Waals surface area (Å²) in [7, 11) is 0. The number of carbonyl (C=O) groups excluding carboxylic acids is 1. The number of hydrogen-bond donors (Lipinski definition) is 2. The van der Waals surface area contributed by atoms with Crippen LogP contribution < -0.4 is 5.73 Å². The normalized spacial score (nSPS) is 20.3. The van der Waals surface area contributed by atoms with Gasteiger partial charge < -0.3 is 15.7 Å². The van der Waals surface area contributed by atoms with Crippen molar-refractivity contribution in [1.82, 2.24) is 9.88 Å². The van der Waals surface area contributed by atoms with E-state index in [9.17, 15) is 4.79 Å². The first-order valence-electron chi connectivity index (χ1n) is 5.82. The van der Waals surface area contributed by atoms with Gasteiger partial charge in [-0.15, -0.1) is 0 Å². The number of aliphatic hydroxyl groups excluding tert-OH is 1. The number of aliphatic hydroxyl groups is 1. The van der Waals surface area contributed by atoms with Crippen molar-refractivity contribution in [2.24, 2.45) is 5.92 Å². The SMILES string of the molecule is Nc1ccc(C(=O)N2CCCC(CO)C2)cn1. The summed E-state index contributed by atoms with van der Waals surface area (Å²) in [6.45, 7) is 1.52. The van der Waals surface area contributed by atoms with Crippen LogP contribution in [0.4, 0.5) is 5.82 Å². The molecule has 5 heteroatoms. The van der Waals surface area contributed by atoms with Crippen molar-refractivity contribution < 1.29 is 9.90 Å². The molecule has 1 aliphatic rings. The lowest BCUT2D eigenvalue weighted by molar-refractivity contribution is 0.0620. The second kappa shape index (κ2) is 5.14. The average Bonchev–Trinajstić information content (AvgIpc) is 2.39. The van der Waals surface area contributed by atoms with E-state index in [1.807, 2.05) is 0 Å². The highest BCUT2D eigenvalue weighted by Gasteiger charge is 2.23. The van der Waals surface area contributed by atoms with E-state index in [0.717, 1.165) is 19.4 Å². The summed E-state index contributed by atoms with van der Waals surface area (Å²) in [4.78, 5) is 17.8. The van der Waals surface area contributed by atoms with Crippen LogP contribution in [0.15, 0.2) is 18.3 Å². The molecular formula is C12H17N3O2. The fourth-order valence-electron chi connectivity index (χ4n) is 2.11. The molecule has 2 rings (SSSR count). The molecule has 2 heterocycles. The predicted molar refractivity (Wildman–Crippen MR) is 64.4 cm³/mol. The van der Waals surface area contributed by atoms with Crippen LogP contribution in [0.1, 0.15) is 23.2 Å². The fourth-order valence-corrected chi connectivity index (χ4v) is 2.11. The maximum absolute atomic E-state index is 12.1. The Balaban J connectivity index is 2.06. The van der Waals surface area contributed by atoms with Crippen LogP contribution in [-0.4, -0.2) is 40.6 Å². The molecule has 17 heavy (non-hydrogen) atoms. The van der Waals surface area contributed by atoms with Gasteiger partial charge >= 0.3 is 0 Å². The van der Waals surface area contributed by atoms with E-state index < -0.39 is 0 Å². The highest BCUT2D eigenvalue weighted by atomic mass is 16.3. The van der Waals surface area contributed by atoms with E-state index in [1.54, 1.807) is 17.0 Å². The zero-order valence-corrected chi connectivity index (χ0v) is 9.67. The van der Waals surface area contributed by atoms with Gasteiger partial charge in [-0.05, 0) is 30.9 Å². The molecule has 92 valence electrons. The minimum atomic E-state index is -0.0318. The summed E-state index contributed by atoms with van der Waals surface area (Å²) in [5.74, 6) is 0.582. The maximum Gasteiger partial charge on any atom is 0.255 e. The summed E-state index contributed by atoms with van der Waals surface area (Å²) >= 11 is 0. The lowest BCUT2D eigenvalue weighted by atomic mass is 9.98. The molecular weight excluding hydrogens is 218 g/mol. The minimum Gasteiger partial charge on any atom is -0.396 e. The molecule has 0 aromatic carbocycles. The fraction of sp³-hybridized carbons (Fsp3) is 0.500. The third-order valence-corrected chi connectivity index (χ3v) is 3.10. The van der Waals surface area contributed by atoms with Crippen molar-refractivity contribution in [1.29, 1.82) is 0 Å². The lowest BCUT2D eigenvalue weighted by Gasteiger charge is -2.31. The topological polar surface area (TPSA) is 79.5 Å². The van der Waals surface area contributed by atoms with Crippen molar-refractivity contribution >= 4 is 11.7 Å². The quantitative estimate of drug-likeness (QED) is 0.782. The largest absolute Gasteiger partial charge is 0.396 e. The van der Waals surface area contributed by atoms with Crippen LogP contribution in [0, 0.1) is 5.92 Å². The number of carbonyl (C=O) groups is 1. The molecule has 5 nitrogen and oxygen atoms in total. The Hall–Kier alpha value is -1.62. The number of amides is 1. The van der Waals surface area contributed by atoms with E-state index in [2.05, 4.69) is 4.98 Å². The number of nitrogen functional groups attached to an aromatic ring is 1. The van der Waals surface area contributed by atoms with Crippen molar-refractivity contribution in [3.8, 4) is 0 Å². The molecule has 3 N–H and O–H groups in total. The summed E-state index contributed by atoms with van der Waals surface area (Å²) < 4.78 is 0. The smallest absolute Gasteiger partial charge is 0.255 e. The molecule has 0 aliphatic carbocycles. The van der Waals surface area contributed by atoms with E-state index in [4.69, 9.17) is 10.8 Å². The Kier molecular flexibility index (Phi) is 3.58. The van der Waals surface area contributed by atoms with Gasteiger partial charge in [0.05, 0.1) is 5.56 Å². The second-order valence-corrected chi connectivity index (χ2v) is 4.41. The summed E-state index contributed by atoms with van der Waals surface area (Å²) in [6, 6.07) is 3.31. The van der Waals surface area contributed by atoms with Gasteiger partial charge in [-0.3, -0.25) is 4.79 Å². The minimum absolute atomic E-state index is 0.0318. The van der Waals surface area contributed by atoms with E-state index >= 15 is 0 Å². The van der Waals surface area contributed by atoms with Crippen LogP contribution in [0.25, 0.3) is 0 Å². The van der Waals surface area contributed by atoms with Crippen molar-refractivity contribution in [2.45, 2.75) is 12.8 Å². The Morgan fingerprint density at radius 3 is 3.06 bits per heavy atom. The number of likely N-dealkylation sites (tertiary alicyclic amines) is 1. The zero-order chi connectivity index (χ0) is 12.3. The van der Waals surface area contributed by atoms with Crippen LogP contribution >= 0.6 is 0 Å². The predicted octanol–water partition coefficient (Wildman–Crippen LogP) is 0.508. The number of piperidine rings is 1. The number of anilines is 1. The Labute approximate surface area is 100 Å². The number of pyridine rings is 1. The van der Waals surface area contributed by atoms with Gasteiger partial charge in [-0.1, -0.05) is 0 Å². The molecule has 1 aromatic heterocycles. The second-order valence-electron chi connectivity index (χ2n) is 4.41. The highest BCUT2D eigenvalue weighted by molar-refractivity contribution is 5.94. The molecule has 0 radical (unpaired) electrons. The Morgan fingerprint density at radius 2 is 2.41 bits per heavy atom. The average molecular weight is 235 g/mol. The molecule has 0 bridgehead atoms. The zero-order valence-electron chi connectivity index (χ0n) is 9.67. The number of nitrogens with two attached hydrogens (primary N) is 1. The third kappa shape index (κ3) is 2.74. The molecule has 1 saturated heterocycles. The first kappa shape index (κ1) is 11.9.